The van der Waals surface area contributed by atoms with Gasteiger partial charge in [0, 0.05) is 24.1 Å². The Morgan fingerprint density at radius 3 is 2.40 bits per heavy atom. The molecule has 4 nitrogen and oxygen atoms in total. The van der Waals surface area contributed by atoms with Crippen LogP contribution in [-0.4, -0.2) is 42.8 Å². The van der Waals surface area contributed by atoms with E-state index in [1.54, 1.807) is 6.20 Å². The number of likely N-dealkylation sites (tertiary alicyclic amines) is 1. The summed E-state index contributed by atoms with van der Waals surface area (Å²) in [5.41, 5.74) is 1.30. The molecule has 0 atom stereocenters. The number of nitrogens with zero attached hydrogens (tertiary/aromatic N) is 2. The van der Waals surface area contributed by atoms with Crippen molar-refractivity contribution < 1.29 is 8.42 Å². The Balaban J connectivity index is 1.74. The summed E-state index contributed by atoms with van der Waals surface area (Å²) in [7, 11) is -1.37. The molecule has 1 aliphatic heterocycles. The quantitative estimate of drug-likeness (QED) is 0.829. The molecule has 1 fully saturated rings. The number of aryl methyl sites for hydroxylation is 1. The third-order valence-corrected chi connectivity index (χ3v) is 7.61. The van der Waals surface area contributed by atoms with Crippen molar-refractivity contribution in [2.24, 2.45) is 12.5 Å². The Morgan fingerprint density at radius 1 is 1.12 bits per heavy atom. The molecule has 1 aliphatic rings. The average molecular weight is 363 g/mol. The van der Waals surface area contributed by atoms with Crippen LogP contribution in [0.15, 0.2) is 35.4 Å². The number of rotatable bonds is 4. The van der Waals surface area contributed by atoms with E-state index in [0.29, 0.717) is 10.3 Å². The van der Waals surface area contributed by atoms with Gasteiger partial charge in [0.05, 0.1) is 10.1 Å². The summed E-state index contributed by atoms with van der Waals surface area (Å²) in [5.74, 6) is 0. The predicted molar refractivity (Wildman–Crippen MR) is 104 cm³/mol. The molecule has 0 bridgehead atoms. The molecule has 2 heterocycles. The highest BCUT2D eigenvalue weighted by Gasteiger charge is 2.33. The lowest BCUT2D eigenvalue weighted by Crippen LogP contribution is -2.40. The largest absolute Gasteiger partial charge is 0.349 e. The molecular weight excluding hydrogens is 332 g/mol. The minimum atomic E-state index is -3.28. The van der Waals surface area contributed by atoms with Crippen LogP contribution in [0.2, 0.25) is 0 Å². The molecule has 5 heteroatoms. The topological polar surface area (TPSA) is 42.3 Å². The van der Waals surface area contributed by atoms with Gasteiger partial charge in [-0.25, -0.2) is 8.42 Å². The molecule has 2 aromatic rings. The standard InChI is InChI=1S/C20H30N2O2S/c1-20(2,3)11-14-22-12-9-16(10-13-22)25(23,24)19-15-21(4)18-8-6-5-7-17(18)19/h5-8,15-16H,9-14H2,1-4H3. The number of para-hydroxylation sites is 1. The van der Waals surface area contributed by atoms with Gasteiger partial charge in [0.25, 0.3) is 0 Å². The van der Waals surface area contributed by atoms with E-state index < -0.39 is 9.84 Å². The van der Waals surface area contributed by atoms with Crippen molar-refractivity contribution in [1.29, 1.82) is 0 Å². The van der Waals surface area contributed by atoms with Crippen LogP contribution in [0.1, 0.15) is 40.0 Å². The number of aromatic nitrogens is 1. The van der Waals surface area contributed by atoms with Gasteiger partial charge in [-0.2, -0.15) is 0 Å². The second-order valence-corrected chi connectivity index (χ2v) is 10.7. The van der Waals surface area contributed by atoms with Crippen molar-refractivity contribution in [3.05, 3.63) is 30.5 Å². The first-order valence-corrected chi connectivity index (χ1v) is 10.7. The highest BCUT2D eigenvalue weighted by Crippen LogP contribution is 2.31. The molecule has 0 N–H and O–H groups in total. The fourth-order valence-corrected chi connectivity index (χ4v) is 5.62. The molecule has 138 valence electrons. The summed E-state index contributed by atoms with van der Waals surface area (Å²) in [6.45, 7) is 9.58. The Labute approximate surface area is 151 Å². The summed E-state index contributed by atoms with van der Waals surface area (Å²) < 4.78 is 28.3. The zero-order valence-corrected chi connectivity index (χ0v) is 16.6. The molecule has 3 rings (SSSR count). The number of benzene rings is 1. The maximum atomic E-state index is 13.2. The van der Waals surface area contributed by atoms with Crippen LogP contribution in [0.5, 0.6) is 0 Å². The van der Waals surface area contributed by atoms with E-state index in [4.69, 9.17) is 0 Å². The smallest absolute Gasteiger partial charge is 0.183 e. The number of piperidine rings is 1. The highest BCUT2D eigenvalue weighted by atomic mass is 32.2. The van der Waals surface area contributed by atoms with Crippen molar-refractivity contribution in [1.82, 2.24) is 9.47 Å². The second-order valence-electron chi connectivity index (χ2n) is 8.52. The first-order valence-electron chi connectivity index (χ1n) is 9.19. The first kappa shape index (κ1) is 18.5. The molecule has 1 aromatic heterocycles. The van der Waals surface area contributed by atoms with E-state index in [1.807, 2.05) is 35.9 Å². The maximum absolute atomic E-state index is 13.2. The predicted octanol–water partition coefficient (Wildman–Crippen LogP) is 3.85. The number of hydrogen-bond acceptors (Lipinski definition) is 3. The van der Waals surface area contributed by atoms with Crippen LogP contribution in [0.4, 0.5) is 0 Å². The lowest BCUT2D eigenvalue weighted by Gasteiger charge is -2.33. The van der Waals surface area contributed by atoms with Crippen LogP contribution in [0, 0.1) is 5.41 Å². The normalized spacial score (nSPS) is 18.1. The SMILES string of the molecule is Cn1cc(S(=O)(=O)C2CCN(CCC(C)(C)C)CC2)c2ccccc21. The second kappa shape index (κ2) is 6.76. The van der Waals surface area contributed by atoms with E-state index in [2.05, 4.69) is 25.7 Å². The van der Waals surface area contributed by atoms with Gasteiger partial charge < -0.3 is 9.47 Å². The summed E-state index contributed by atoms with van der Waals surface area (Å²) in [5, 5.41) is 0.587. The van der Waals surface area contributed by atoms with Crippen LogP contribution in [0.3, 0.4) is 0 Å². The molecule has 0 spiro atoms. The highest BCUT2D eigenvalue weighted by molar-refractivity contribution is 7.92. The molecule has 0 saturated carbocycles. The molecule has 1 saturated heterocycles. The Morgan fingerprint density at radius 2 is 1.76 bits per heavy atom. The lowest BCUT2D eigenvalue weighted by molar-refractivity contribution is 0.197. The lowest BCUT2D eigenvalue weighted by atomic mass is 9.92. The van der Waals surface area contributed by atoms with Crippen molar-refractivity contribution in [2.75, 3.05) is 19.6 Å². The summed E-state index contributed by atoms with van der Waals surface area (Å²) in [4.78, 5) is 2.92. The molecular formula is C20H30N2O2S. The fraction of sp³-hybridized carbons (Fsp3) is 0.600. The number of fused-ring (bicyclic) bond motifs is 1. The van der Waals surface area contributed by atoms with Gasteiger partial charge in [0.1, 0.15) is 0 Å². The van der Waals surface area contributed by atoms with Crippen LogP contribution < -0.4 is 0 Å². The number of hydrogen-bond donors (Lipinski definition) is 0. The van der Waals surface area contributed by atoms with Gasteiger partial charge in [-0.3, -0.25) is 0 Å². The van der Waals surface area contributed by atoms with Gasteiger partial charge in [0.2, 0.25) is 0 Å². The molecule has 1 aromatic carbocycles. The van der Waals surface area contributed by atoms with Crippen LogP contribution in [-0.2, 0) is 16.9 Å². The summed E-state index contributed by atoms with van der Waals surface area (Å²) >= 11 is 0. The van der Waals surface area contributed by atoms with Crippen molar-refractivity contribution in [3.8, 4) is 0 Å². The maximum Gasteiger partial charge on any atom is 0.183 e. The van der Waals surface area contributed by atoms with Gasteiger partial charge in [0.15, 0.2) is 9.84 Å². The zero-order chi connectivity index (χ0) is 18.2. The Hall–Kier alpha value is -1.33. The van der Waals surface area contributed by atoms with Crippen LogP contribution in [0.25, 0.3) is 10.9 Å². The minimum absolute atomic E-state index is 0.260. The first-order chi connectivity index (χ1) is 11.7. The molecule has 25 heavy (non-hydrogen) atoms. The van der Waals surface area contributed by atoms with Crippen molar-refractivity contribution >= 4 is 20.7 Å². The fourth-order valence-electron chi connectivity index (χ4n) is 3.65. The van der Waals surface area contributed by atoms with Gasteiger partial charge in [-0.05, 0) is 50.4 Å². The zero-order valence-electron chi connectivity index (χ0n) is 15.8. The average Bonchev–Trinajstić information content (AvgIpc) is 2.91. The van der Waals surface area contributed by atoms with Gasteiger partial charge in [-0.1, -0.05) is 39.0 Å². The molecule has 0 radical (unpaired) electrons. The van der Waals surface area contributed by atoms with E-state index >= 15 is 0 Å². The molecule has 0 aliphatic carbocycles. The van der Waals surface area contributed by atoms with Crippen LogP contribution >= 0.6 is 0 Å². The van der Waals surface area contributed by atoms with E-state index in [-0.39, 0.29) is 5.25 Å². The van der Waals surface area contributed by atoms with Gasteiger partial charge in [-0.15, -0.1) is 0 Å². The van der Waals surface area contributed by atoms with E-state index in [1.165, 1.54) is 0 Å². The Bertz CT molecular complexity index is 838. The van der Waals surface area contributed by atoms with Crippen molar-refractivity contribution in [2.45, 2.75) is 50.2 Å². The molecule has 0 unspecified atom stereocenters. The minimum Gasteiger partial charge on any atom is -0.349 e. The third kappa shape index (κ3) is 3.93. The monoisotopic (exact) mass is 362 g/mol. The number of sulfone groups is 1. The van der Waals surface area contributed by atoms with Crippen molar-refractivity contribution in [3.63, 3.8) is 0 Å². The van der Waals surface area contributed by atoms with E-state index in [0.717, 1.165) is 49.8 Å². The van der Waals surface area contributed by atoms with E-state index in [9.17, 15) is 8.42 Å². The Kier molecular flexibility index (Phi) is 5.00. The third-order valence-electron chi connectivity index (χ3n) is 5.32. The summed E-state index contributed by atoms with van der Waals surface area (Å²) in [6.07, 6.45) is 4.39. The summed E-state index contributed by atoms with van der Waals surface area (Å²) in [6, 6.07) is 7.76. The van der Waals surface area contributed by atoms with Gasteiger partial charge >= 0.3 is 0 Å². The molecule has 0 amide bonds.